The second-order valence-electron chi connectivity index (χ2n) is 24.0. The summed E-state index contributed by atoms with van der Waals surface area (Å²) in [5, 5.41) is 42.8. The summed E-state index contributed by atoms with van der Waals surface area (Å²) in [7, 11) is 0. The Morgan fingerprint density at radius 1 is 0.692 bits per heavy atom. The van der Waals surface area contributed by atoms with E-state index in [4.69, 9.17) is 21.9 Å². The van der Waals surface area contributed by atoms with E-state index >= 15 is 0 Å². The van der Waals surface area contributed by atoms with E-state index in [0.29, 0.717) is 40.6 Å². The normalized spacial score (nSPS) is 17.7. The van der Waals surface area contributed by atoms with Gasteiger partial charge >= 0.3 is 6.03 Å². The molecule has 20 N–H and O–H groups in total. The van der Waals surface area contributed by atoms with Crippen molar-refractivity contribution in [1.82, 2.24) is 68.3 Å². The SMILES string of the molecule is CC(C)CC(NC(=O)C(COC(C)(C)C)NC(=O)C(Cc1ccc(O)cc1)NC(=O)C(CO)NC(=O)C(Cc1c[nH]c2ccccc12)NC(=O)C(Cc1cnc[nH]1)NC(=O)C1CCC(=O)N1)C(=O)NC(CCCN=C(N)N)C(=O)C1CCCC1C(=O)NNC(N)=O. The first-order valence-electron chi connectivity index (χ1n) is 30.1. The topological polar surface area (TPSA) is 493 Å². The maximum atomic E-state index is 14.8. The number of guanidine groups is 1. The summed E-state index contributed by atoms with van der Waals surface area (Å²) >= 11 is 0. The van der Waals surface area contributed by atoms with Gasteiger partial charge in [-0.1, -0.05) is 50.6 Å². The molecule has 3 heterocycles. The number of hydrazine groups is 1. The molecule has 0 radical (unpaired) electrons. The van der Waals surface area contributed by atoms with Crippen molar-refractivity contribution in [3.63, 3.8) is 0 Å². The highest BCUT2D eigenvalue weighted by atomic mass is 16.5. The van der Waals surface area contributed by atoms with Crippen LogP contribution in [-0.2, 0) is 71.9 Å². The number of urea groups is 1. The third kappa shape index (κ3) is 21.8. The summed E-state index contributed by atoms with van der Waals surface area (Å²) in [4.78, 5) is 166. The lowest BCUT2D eigenvalue weighted by Crippen LogP contribution is -2.62. The van der Waals surface area contributed by atoms with Crippen LogP contribution < -0.4 is 70.6 Å². The van der Waals surface area contributed by atoms with Crippen molar-refractivity contribution >= 4 is 81.8 Å². The fourth-order valence-electron chi connectivity index (χ4n) is 10.6. The Morgan fingerprint density at radius 3 is 1.90 bits per heavy atom. The van der Waals surface area contributed by atoms with E-state index in [-0.39, 0.29) is 87.9 Å². The number of carbonyl (C=O) groups is 11. The quantitative estimate of drug-likeness (QED) is 0.0108. The van der Waals surface area contributed by atoms with Gasteiger partial charge in [-0.05, 0) is 94.5 Å². The van der Waals surface area contributed by atoms with Crippen molar-refractivity contribution in [1.29, 1.82) is 0 Å². The van der Waals surface area contributed by atoms with Gasteiger partial charge in [0.1, 0.15) is 48.0 Å². The highest BCUT2D eigenvalue weighted by molar-refractivity contribution is 6.00. The van der Waals surface area contributed by atoms with Crippen LogP contribution in [0.5, 0.6) is 5.75 Å². The van der Waals surface area contributed by atoms with Gasteiger partial charge in [0, 0.05) is 73.1 Å². The molecule has 494 valence electrons. The van der Waals surface area contributed by atoms with E-state index in [2.05, 4.69) is 67.9 Å². The summed E-state index contributed by atoms with van der Waals surface area (Å²) in [6.45, 7) is 7.22. The number of phenols is 1. The number of ketones is 1. The fourth-order valence-corrected chi connectivity index (χ4v) is 10.6. The van der Waals surface area contributed by atoms with Crippen molar-refractivity contribution in [3.8, 4) is 5.75 Å². The molecule has 2 aliphatic rings. The van der Waals surface area contributed by atoms with Crippen molar-refractivity contribution in [2.75, 3.05) is 19.8 Å². The number of nitrogens with zero attached hydrogens (tertiary/aromatic N) is 2. The second-order valence-corrected chi connectivity index (χ2v) is 24.0. The van der Waals surface area contributed by atoms with Gasteiger partial charge < -0.3 is 84.7 Å². The number of ether oxygens (including phenoxy) is 1. The summed E-state index contributed by atoms with van der Waals surface area (Å²) < 4.78 is 6.03. The first kappa shape index (κ1) is 70.4. The van der Waals surface area contributed by atoms with Crippen LogP contribution >= 0.6 is 0 Å². The lowest BCUT2D eigenvalue weighted by molar-refractivity contribution is -0.138. The average Bonchev–Trinajstić information content (AvgIpc) is 1.85. The number of aromatic amines is 2. The van der Waals surface area contributed by atoms with Crippen LogP contribution in [0.15, 0.2) is 72.2 Å². The van der Waals surface area contributed by atoms with Gasteiger partial charge in [0.2, 0.25) is 53.2 Å². The Balaban J connectivity index is 1.24. The molecule has 31 heteroatoms. The number of benzene rings is 2. The van der Waals surface area contributed by atoms with Gasteiger partial charge in [-0.3, -0.25) is 58.4 Å². The maximum absolute atomic E-state index is 14.8. The number of hydrogen-bond acceptors (Lipinski definition) is 16. The molecule has 2 aromatic heterocycles. The summed E-state index contributed by atoms with van der Waals surface area (Å²) in [5.74, 6) is -10.0. The molecule has 4 aromatic rings. The summed E-state index contributed by atoms with van der Waals surface area (Å²) in [6, 6.07) is 0.479. The number of H-pyrrole nitrogens is 2. The number of nitrogens with two attached hydrogens (primary N) is 3. The molecule has 2 aromatic carbocycles. The van der Waals surface area contributed by atoms with Crippen LogP contribution in [0, 0.1) is 17.8 Å². The van der Waals surface area contributed by atoms with Crippen LogP contribution in [0.1, 0.15) is 103 Å². The zero-order valence-corrected chi connectivity index (χ0v) is 51.5. The molecule has 11 amide bonds. The maximum Gasteiger partial charge on any atom is 0.330 e. The highest BCUT2D eigenvalue weighted by Crippen LogP contribution is 2.34. The molecule has 1 aliphatic carbocycles. The van der Waals surface area contributed by atoms with Crippen molar-refractivity contribution < 1.29 is 67.7 Å². The minimum atomic E-state index is -1.80. The van der Waals surface area contributed by atoms with Crippen LogP contribution in [0.2, 0.25) is 0 Å². The van der Waals surface area contributed by atoms with Crippen molar-refractivity contribution in [3.05, 3.63) is 84.1 Å². The van der Waals surface area contributed by atoms with Crippen LogP contribution in [-0.4, -0.2) is 170 Å². The molecule has 0 bridgehead atoms. The highest BCUT2D eigenvalue weighted by Gasteiger charge is 2.42. The molecular weight excluding hydrogens is 1180 g/mol. The number of aliphatic hydroxyl groups excluding tert-OH is 1. The first-order valence-corrected chi connectivity index (χ1v) is 30.1. The number of aromatic nitrogens is 3. The van der Waals surface area contributed by atoms with Gasteiger partial charge in [0.15, 0.2) is 11.7 Å². The number of imidazole rings is 1. The predicted molar refractivity (Wildman–Crippen MR) is 330 cm³/mol. The van der Waals surface area contributed by atoms with Gasteiger partial charge in [-0.25, -0.2) is 15.2 Å². The molecule has 91 heavy (non-hydrogen) atoms. The van der Waals surface area contributed by atoms with Gasteiger partial charge in [0.25, 0.3) is 0 Å². The Morgan fingerprint density at radius 2 is 1.29 bits per heavy atom. The molecule has 31 nitrogen and oxygen atoms in total. The first-order chi connectivity index (χ1) is 43.2. The molecule has 1 saturated carbocycles. The number of aliphatic imine (C=N–C) groups is 1. The minimum Gasteiger partial charge on any atom is -0.508 e. The number of nitrogens with one attached hydrogen (secondary N) is 12. The third-order valence-electron chi connectivity index (χ3n) is 15.3. The molecule has 1 aliphatic heterocycles. The van der Waals surface area contributed by atoms with Gasteiger partial charge in [-0.15, -0.1) is 0 Å². The van der Waals surface area contributed by atoms with Crippen LogP contribution in [0.25, 0.3) is 10.9 Å². The Labute approximate surface area is 524 Å². The molecule has 10 atom stereocenters. The number of aromatic hydroxyl groups is 1. The number of para-hydroxylation sites is 1. The number of rotatable bonds is 32. The smallest absolute Gasteiger partial charge is 0.330 e. The zero-order chi connectivity index (χ0) is 66.5. The lowest BCUT2D eigenvalue weighted by Gasteiger charge is -2.30. The molecule has 2 fully saturated rings. The minimum absolute atomic E-state index is 0.0159. The number of carbonyl (C=O) groups excluding carboxylic acids is 11. The number of aliphatic hydroxyl groups is 1. The number of fused-ring (bicyclic) bond motifs is 1. The largest absolute Gasteiger partial charge is 0.508 e. The summed E-state index contributed by atoms with van der Waals surface area (Å²) in [6.07, 6.45) is 5.44. The van der Waals surface area contributed by atoms with E-state index in [1.165, 1.54) is 36.8 Å². The molecular formula is C60H85N17O14. The molecule has 0 spiro atoms. The van der Waals surface area contributed by atoms with E-state index in [9.17, 15) is 63.0 Å². The predicted octanol–water partition coefficient (Wildman–Crippen LogP) is -2.11. The van der Waals surface area contributed by atoms with E-state index in [0.717, 1.165) is 0 Å². The standard InChI is InChI=1S/C60H85N17O14/c1-31(2)22-42(52(84)69-40(14-9-21-65-58(61)62)49(81)37-11-8-12-38(37)50(82)76-77-59(63)90)70-57(89)47(29-91-60(3,4)5)75-53(85)43(23-32-15-17-35(79)18-16-32)71-56(88)46(28-78)74-54(86)44(24-33-26-66-39-13-7-6-10-36(33)39)72-55(87)45(25-34-27-64-30-67-34)73-51(83)41-19-20-48(80)68-41/h6-7,10,13,15-18,26-27,30-31,37-38,40-47,66,78-79H,8-9,11-12,14,19-25,28-29H2,1-5H3,(H,64,67)(H,68,80)(H,69,84)(H,70,89)(H,71,88)(H,72,87)(H,73,83)(H,74,86)(H,75,85)(H,76,82)(H4,61,62,65)(H3,63,77,90). The Hall–Kier alpha value is -9.65. The molecule has 10 unspecified atom stereocenters. The Bertz CT molecular complexity index is 3230. The number of primary amides is 1. The van der Waals surface area contributed by atoms with Crippen molar-refractivity contribution in [2.24, 2.45) is 39.9 Å². The molecule has 6 rings (SSSR count). The van der Waals surface area contributed by atoms with Gasteiger partial charge in [0.05, 0.1) is 31.2 Å². The fraction of sp³-hybridized carbons (Fsp3) is 0.517. The Kier molecular flexibility index (Phi) is 25.7. The van der Waals surface area contributed by atoms with E-state index < -0.39 is 138 Å². The van der Waals surface area contributed by atoms with Crippen molar-refractivity contribution in [2.45, 2.75) is 159 Å². The third-order valence-corrected chi connectivity index (χ3v) is 15.3. The number of Topliss-reactive ketones (excluding diaryl/α,β-unsaturated/α-hetero) is 1. The summed E-state index contributed by atoms with van der Waals surface area (Å²) in [5.41, 5.74) is 21.7. The van der Waals surface area contributed by atoms with Crippen LogP contribution in [0.4, 0.5) is 4.79 Å². The van der Waals surface area contributed by atoms with E-state index in [1.807, 2.05) is 5.43 Å². The van der Waals surface area contributed by atoms with Gasteiger partial charge in [-0.2, -0.15) is 0 Å². The molecule has 1 saturated heterocycles. The second kappa shape index (κ2) is 33.3. The number of hydrogen-bond donors (Lipinski definition) is 17. The number of amides is 11. The lowest BCUT2D eigenvalue weighted by atomic mass is 9.86. The monoisotopic (exact) mass is 1270 g/mol. The average molecular weight is 1270 g/mol. The zero-order valence-electron chi connectivity index (χ0n) is 51.5. The van der Waals surface area contributed by atoms with Crippen LogP contribution in [0.3, 0.4) is 0 Å². The van der Waals surface area contributed by atoms with E-state index in [1.54, 1.807) is 65.1 Å². The number of phenolic OH excluding ortho intramolecular Hbond substituents is 1.